The first-order valence-corrected chi connectivity index (χ1v) is 11.5. The maximum Gasteiger partial charge on any atom is 0.255 e. The quantitative estimate of drug-likeness (QED) is 0.353. The highest BCUT2D eigenvalue weighted by molar-refractivity contribution is 6.00. The van der Waals surface area contributed by atoms with E-state index in [1.54, 1.807) is 18.2 Å². The lowest BCUT2D eigenvalue weighted by Crippen LogP contribution is -2.39. The molecule has 4 aromatic rings. The predicted octanol–water partition coefficient (Wildman–Crippen LogP) is 4.14. The predicted molar refractivity (Wildman–Crippen MR) is 133 cm³/mol. The van der Waals surface area contributed by atoms with Gasteiger partial charge in [-0.2, -0.15) is 0 Å². The van der Waals surface area contributed by atoms with Crippen LogP contribution < -0.4 is 14.8 Å². The number of benzene rings is 3. The van der Waals surface area contributed by atoms with E-state index in [9.17, 15) is 14.7 Å². The van der Waals surface area contributed by atoms with Gasteiger partial charge in [0, 0.05) is 22.7 Å². The van der Waals surface area contributed by atoms with Gasteiger partial charge in [-0.3, -0.25) is 9.59 Å². The first kappa shape index (κ1) is 22.7. The number of ether oxygens (including phenoxy) is 2. The summed E-state index contributed by atoms with van der Waals surface area (Å²) >= 11 is 0. The van der Waals surface area contributed by atoms with E-state index in [-0.39, 0.29) is 18.3 Å². The summed E-state index contributed by atoms with van der Waals surface area (Å²) < 4.78 is 11.6. The van der Waals surface area contributed by atoms with Gasteiger partial charge in [-0.1, -0.05) is 36.4 Å². The molecule has 178 valence electrons. The van der Waals surface area contributed by atoms with Crippen molar-refractivity contribution in [2.24, 2.45) is 0 Å². The number of hydrogen-bond acceptors (Lipinski definition) is 5. The lowest BCUT2D eigenvalue weighted by atomic mass is 9.98. The summed E-state index contributed by atoms with van der Waals surface area (Å²) in [7, 11) is 0. The third kappa shape index (κ3) is 4.63. The van der Waals surface area contributed by atoms with Crippen LogP contribution >= 0.6 is 0 Å². The van der Waals surface area contributed by atoms with Crippen LogP contribution in [-0.4, -0.2) is 47.6 Å². The number of nitrogens with one attached hydrogen (secondary N) is 2. The van der Waals surface area contributed by atoms with Gasteiger partial charge >= 0.3 is 0 Å². The Labute approximate surface area is 202 Å². The Hall–Kier alpha value is -4.10. The second-order valence-electron chi connectivity index (χ2n) is 8.60. The number of ketones is 1. The van der Waals surface area contributed by atoms with Gasteiger partial charge in [-0.25, -0.2) is 0 Å². The minimum absolute atomic E-state index is 0.0366. The maximum atomic E-state index is 13.4. The second kappa shape index (κ2) is 9.64. The summed E-state index contributed by atoms with van der Waals surface area (Å²) in [6.07, 6.45) is 2.37. The third-order valence-corrected chi connectivity index (χ3v) is 6.19. The van der Waals surface area contributed by atoms with E-state index >= 15 is 0 Å². The molecular weight excluding hydrogens is 444 g/mol. The first-order chi connectivity index (χ1) is 17.0. The van der Waals surface area contributed by atoms with Crippen molar-refractivity contribution in [1.29, 1.82) is 0 Å². The van der Waals surface area contributed by atoms with Gasteiger partial charge < -0.3 is 24.9 Å². The van der Waals surface area contributed by atoms with Crippen LogP contribution in [0.4, 0.5) is 0 Å². The minimum atomic E-state index is -0.494. The standard InChI is InChI=1S/C28H26N2O5/c1-17(32)18-5-4-6-19(11-18)20-13-24(27-26(14-20)34-9-10-35-27)28(33)30-22(16-31)12-21-15-29-25-8-3-2-7-23(21)25/h2-8,11,13-15,22,29,31H,9-10,12,16H2,1H3,(H,30,33)/t22-/m1/s1. The average molecular weight is 471 g/mol. The number of aromatic nitrogens is 1. The maximum absolute atomic E-state index is 13.4. The molecule has 35 heavy (non-hydrogen) atoms. The third-order valence-electron chi connectivity index (χ3n) is 6.19. The van der Waals surface area contributed by atoms with E-state index in [2.05, 4.69) is 10.3 Å². The van der Waals surface area contributed by atoms with E-state index in [1.807, 2.05) is 48.7 Å². The van der Waals surface area contributed by atoms with Gasteiger partial charge in [0.05, 0.1) is 18.2 Å². The van der Waals surface area contributed by atoms with Crippen LogP contribution in [0.25, 0.3) is 22.0 Å². The van der Waals surface area contributed by atoms with Gasteiger partial charge in [0.15, 0.2) is 17.3 Å². The van der Waals surface area contributed by atoms with Crippen molar-refractivity contribution in [2.75, 3.05) is 19.8 Å². The average Bonchev–Trinajstić information content (AvgIpc) is 3.30. The molecule has 0 saturated carbocycles. The van der Waals surface area contributed by atoms with Gasteiger partial charge in [0.25, 0.3) is 5.91 Å². The molecule has 7 nitrogen and oxygen atoms in total. The lowest BCUT2D eigenvalue weighted by Gasteiger charge is -2.23. The Kier molecular flexibility index (Phi) is 6.25. The topological polar surface area (TPSA) is 101 Å². The summed E-state index contributed by atoms with van der Waals surface area (Å²) in [6, 6.07) is 18.2. The number of para-hydroxylation sites is 1. The summed E-state index contributed by atoms with van der Waals surface area (Å²) in [5.41, 5.74) is 4.45. The number of aliphatic hydroxyl groups excluding tert-OH is 1. The molecule has 1 aromatic heterocycles. The van der Waals surface area contributed by atoms with E-state index in [0.717, 1.165) is 27.6 Å². The number of Topliss-reactive ketones (excluding diaryl/α,β-unsaturated/α-hetero) is 1. The van der Waals surface area contributed by atoms with Gasteiger partial charge in [0.2, 0.25) is 0 Å². The van der Waals surface area contributed by atoms with Crippen LogP contribution in [0.3, 0.4) is 0 Å². The van der Waals surface area contributed by atoms with Crippen LogP contribution in [0, 0.1) is 0 Å². The zero-order chi connectivity index (χ0) is 24.4. The van der Waals surface area contributed by atoms with Crippen LogP contribution in [0.5, 0.6) is 11.5 Å². The van der Waals surface area contributed by atoms with Crippen LogP contribution in [-0.2, 0) is 6.42 Å². The lowest BCUT2D eigenvalue weighted by molar-refractivity contribution is 0.0905. The number of rotatable bonds is 7. The molecule has 1 atom stereocenters. The van der Waals surface area contributed by atoms with E-state index in [4.69, 9.17) is 9.47 Å². The minimum Gasteiger partial charge on any atom is -0.486 e. The smallest absolute Gasteiger partial charge is 0.255 e. The molecule has 0 unspecified atom stereocenters. The molecule has 1 aliphatic rings. The fourth-order valence-corrected chi connectivity index (χ4v) is 4.40. The van der Waals surface area contributed by atoms with Crippen LogP contribution in [0.15, 0.2) is 66.9 Å². The van der Waals surface area contributed by atoms with E-state index in [1.165, 1.54) is 6.92 Å². The molecule has 5 rings (SSSR count). The molecule has 7 heteroatoms. The Bertz CT molecular complexity index is 1410. The first-order valence-electron chi connectivity index (χ1n) is 11.5. The van der Waals surface area contributed by atoms with E-state index < -0.39 is 6.04 Å². The molecule has 0 spiro atoms. The van der Waals surface area contributed by atoms with Gasteiger partial charge in [-0.05, 0) is 54.3 Å². The Morgan fingerprint density at radius 3 is 2.69 bits per heavy atom. The Morgan fingerprint density at radius 1 is 1.03 bits per heavy atom. The van der Waals surface area contributed by atoms with Crippen molar-refractivity contribution in [3.8, 4) is 22.6 Å². The fourth-order valence-electron chi connectivity index (χ4n) is 4.40. The largest absolute Gasteiger partial charge is 0.486 e. The van der Waals surface area contributed by atoms with Gasteiger partial charge in [0.1, 0.15) is 13.2 Å². The number of amides is 1. The number of aliphatic hydroxyl groups is 1. The van der Waals surface area contributed by atoms with Crippen molar-refractivity contribution < 1.29 is 24.2 Å². The Balaban J connectivity index is 1.45. The SMILES string of the molecule is CC(=O)c1cccc(-c2cc3c(c(C(=O)N[C@@H](CO)Cc4c[nH]c5ccccc45)c2)OCCO3)c1. The molecule has 2 heterocycles. The normalized spacial score (nSPS) is 13.4. The highest BCUT2D eigenvalue weighted by Crippen LogP contribution is 2.38. The molecule has 1 aliphatic heterocycles. The van der Waals surface area contributed by atoms with Gasteiger partial charge in [-0.15, -0.1) is 0 Å². The molecule has 0 saturated heterocycles. The number of H-pyrrole nitrogens is 1. The zero-order valence-electron chi connectivity index (χ0n) is 19.3. The number of carbonyl (C=O) groups excluding carboxylic acids is 2. The summed E-state index contributed by atoms with van der Waals surface area (Å²) in [5.74, 6) is 0.453. The molecule has 3 aromatic carbocycles. The van der Waals surface area contributed by atoms with Crippen molar-refractivity contribution in [2.45, 2.75) is 19.4 Å². The molecule has 3 N–H and O–H groups in total. The van der Waals surface area contributed by atoms with Crippen molar-refractivity contribution in [3.05, 3.63) is 83.6 Å². The highest BCUT2D eigenvalue weighted by Gasteiger charge is 2.25. The molecule has 0 bridgehead atoms. The highest BCUT2D eigenvalue weighted by atomic mass is 16.6. The van der Waals surface area contributed by atoms with Crippen LogP contribution in [0.1, 0.15) is 33.2 Å². The molecule has 0 aliphatic carbocycles. The van der Waals surface area contributed by atoms with E-state index in [0.29, 0.717) is 42.3 Å². The number of aromatic amines is 1. The number of fused-ring (bicyclic) bond motifs is 2. The fraction of sp³-hybridized carbons (Fsp3) is 0.214. The summed E-state index contributed by atoms with van der Waals surface area (Å²) in [4.78, 5) is 28.5. The molecule has 0 radical (unpaired) electrons. The monoisotopic (exact) mass is 470 g/mol. The zero-order valence-corrected chi connectivity index (χ0v) is 19.3. The number of carbonyl (C=O) groups is 2. The van der Waals surface area contributed by atoms with Crippen molar-refractivity contribution >= 4 is 22.6 Å². The van der Waals surface area contributed by atoms with Crippen LogP contribution in [0.2, 0.25) is 0 Å². The molecular formula is C28H26N2O5. The van der Waals surface area contributed by atoms with Crippen molar-refractivity contribution in [1.82, 2.24) is 10.3 Å². The molecule has 0 fully saturated rings. The number of hydrogen-bond donors (Lipinski definition) is 3. The second-order valence-corrected chi connectivity index (χ2v) is 8.60. The summed E-state index contributed by atoms with van der Waals surface area (Å²) in [6.45, 7) is 2.02. The Morgan fingerprint density at radius 2 is 1.86 bits per heavy atom. The molecule has 1 amide bonds. The van der Waals surface area contributed by atoms with Crippen molar-refractivity contribution in [3.63, 3.8) is 0 Å². The summed E-state index contributed by atoms with van der Waals surface area (Å²) in [5, 5.41) is 14.0.